The number of benzene rings is 3. The van der Waals surface area contributed by atoms with Crippen molar-refractivity contribution >= 4 is 39.1 Å². The summed E-state index contributed by atoms with van der Waals surface area (Å²) in [7, 11) is -2.28. The number of morpholine rings is 1. The summed E-state index contributed by atoms with van der Waals surface area (Å²) in [6, 6.07) is 22.0. The molecule has 2 aliphatic heterocycles. The molecule has 0 saturated carbocycles. The van der Waals surface area contributed by atoms with E-state index in [1.54, 1.807) is 59.3 Å². The first-order valence-corrected chi connectivity index (χ1v) is 15.8. The van der Waals surface area contributed by atoms with E-state index in [-0.39, 0.29) is 41.5 Å². The first-order valence-electron chi connectivity index (χ1n) is 14.0. The molecule has 3 aromatic carbocycles. The van der Waals surface area contributed by atoms with Gasteiger partial charge in [0.2, 0.25) is 5.91 Å². The standard InChI is InChI=1S/C32H34ClN3O5S/c1-34-22-28-23-41-20-19-35(28)31(37)25-11-8-12-29(21-25)42(39,40)36(27-16-14-26(33)15-17-27)18-7-3-6-13-30(32(34)38)24-9-4-2-5-10-24/h2-5,7-12,14-17,21,28,30H,6,13,18-20,22-23H2,1H3/b7-3-. The Kier molecular flexibility index (Phi) is 9.30. The molecule has 220 valence electrons. The van der Waals surface area contributed by atoms with Crippen molar-refractivity contribution in [3.05, 3.63) is 107 Å². The van der Waals surface area contributed by atoms with Gasteiger partial charge in [-0.2, -0.15) is 0 Å². The van der Waals surface area contributed by atoms with Gasteiger partial charge in [0.1, 0.15) is 0 Å². The molecule has 5 rings (SSSR count). The number of likely N-dealkylation sites (N-methyl/N-ethyl adjacent to an activating group) is 1. The fraction of sp³-hybridized carbons (Fsp3) is 0.312. The highest BCUT2D eigenvalue weighted by Crippen LogP contribution is 2.28. The molecule has 0 spiro atoms. The number of hydrogen-bond donors (Lipinski definition) is 0. The summed E-state index contributed by atoms with van der Waals surface area (Å²) in [5.41, 5.74) is 1.62. The SMILES string of the molecule is CN1CC2COCCN2C(=O)c2cccc(c2)S(=O)(=O)N(c2ccc(Cl)cc2)C/C=C\CCC(c2ccccc2)C1=O. The van der Waals surface area contributed by atoms with E-state index < -0.39 is 15.9 Å². The third-order valence-corrected chi connectivity index (χ3v) is 9.73. The lowest BCUT2D eigenvalue weighted by Gasteiger charge is -2.38. The summed E-state index contributed by atoms with van der Waals surface area (Å²) in [5.74, 6) is -0.733. The molecule has 2 unspecified atom stereocenters. The minimum absolute atomic E-state index is 0.0160. The van der Waals surface area contributed by atoms with Crippen LogP contribution in [0.4, 0.5) is 5.69 Å². The van der Waals surface area contributed by atoms with Gasteiger partial charge in [0.25, 0.3) is 15.9 Å². The summed E-state index contributed by atoms with van der Waals surface area (Å²) in [4.78, 5) is 31.0. The van der Waals surface area contributed by atoms with Gasteiger partial charge in [-0.05, 0) is 60.9 Å². The van der Waals surface area contributed by atoms with Gasteiger partial charge >= 0.3 is 0 Å². The zero-order chi connectivity index (χ0) is 29.7. The van der Waals surface area contributed by atoms with E-state index in [9.17, 15) is 18.0 Å². The normalized spacial score (nSPS) is 22.8. The highest BCUT2D eigenvalue weighted by atomic mass is 35.5. The number of carbonyl (C=O) groups excluding carboxylic acids is 2. The Morgan fingerprint density at radius 3 is 2.45 bits per heavy atom. The van der Waals surface area contributed by atoms with Crippen LogP contribution in [-0.2, 0) is 19.6 Å². The van der Waals surface area contributed by atoms with Crippen LogP contribution in [0, 0.1) is 0 Å². The smallest absolute Gasteiger partial charge is 0.264 e. The maximum Gasteiger partial charge on any atom is 0.264 e. The van der Waals surface area contributed by atoms with Gasteiger partial charge in [-0.15, -0.1) is 0 Å². The highest BCUT2D eigenvalue weighted by molar-refractivity contribution is 7.92. The van der Waals surface area contributed by atoms with E-state index in [2.05, 4.69) is 0 Å². The van der Waals surface area contributed by atoms with Crippen LogP contribution in [0.1, 0.15) is 34.7 Å². The van der Waals surface area contributed by atoms with Gasteiger partial charge < -0.3 is 14.5 Å². The molecule has 1 saturated heterocycles. The Morgan fingerprint density at radius 2 is 1.69 bits per heavy atom. The van der Waals surface area contributed by atoms with Gasteiger partial charge in [0.15, 0.2) is 0 Å². The fourth-order valence-corrected chi connectivity index (χ4v) is 7.04. The minimum atomic E-state index is -4.04. The molecule has 2 aliphatic rings. The van der Waals surface area contributed by atoms with Crippen molar-refractivity contribution in [2.75, 3.05) is 44.2 Å². The van der Waals surface area contributed by atoms with E-state index in [0.29, 0.717) is 43.2 Å². The molecule has 0 N–H and O–H groups in total. The van der Waals surface area contributed by atoms with Gasteiger partial charge in [-0.25, -0.2) is 8.42 Å². The Balaban J connectivity index is 1.56. The van der Waals surface area contributed by atoms with Crippen molar-refractivity contribution in [2.45, 2.75) is 29.7 Å². The van der Waals surface area contributed by atoms with Gasteiger partial charge in [-0.3, -0.25) is 13.9 Å². The van der Waals surface area contributed by atoms with Crippen molar-refractivity contribution in [3.63, 3.8) is 0 Å². The lowest BCUT2D eigenvalue weighted by molar-refractivity contribution is -0.133. The number of rotatable bonds is 2. The van der Waals surface area contributed by atoms with Crippen molar-refractivity contribution in [2.24, 2.45) is 0 Å². The van der Waals surface area contributed by atoms with Gasteiger partial charge in [0, 0.05) is 30.7 Å². The summed E-state index contributed by atoms with van der Waals surface area (Å²) in [6.45, 7) is 1.35. The van der Waals surface area contributed by atoms with Crippen LogP contribution in [0.3, 0.4) is 0 Å². The first-order chi connectivity index (χ1) is 20.3. The average molecular weight is 608 g/mol. The maximum absolute atomic E-state index is 14.0. The van der Waals surface area contributed by atoms with Crippen molar-refractivity contribution in [3.8, 4) is 0 Å². The van der Waals surface area contributed by atoms with Crippen LogP contribution < -0.4 is 4.31 Å². The number of anilines is 1. The number of nitrogens with zero attached hydrogens (tertiary/aromatic N) is 3. The number of sulfonamides is 1. The van der Waals surface area contributed by atoms with E-state index in [1.807, 2.05) is 36.4 Å². The quantitative estimate of drug-likeness (QED) is 0.384. The van der Waals surface area contributed by atoms with Crippen LogP contribution in [0.2, 0.25) is 5.02 Å². The number of halogens is 1. The fourth-order valence-electron chi connectivity index (χ4n) is 5.45. The molecule has 2 heterocycles. The average Bonchev–Trinajstić information content (AvgIpc) is 3.01. The number of allylic oxidation sites excluding steroid dienone is 1. The molecule has 8 nitrogen and oxygen atoms in total. The monoisotopic (exact) mass is 607 g/mol. The highest BCUT2D eigenvalue weighted by Gasteiger charge is 2.33. The third-order valence-electron chi connectivity index (χ3n) is 7.69. The second-order valence-electron chi connectivity index (χ2n) is 10.5. The van der Waals surface area contributed by atoms with Crippen LogP contribution in [0.5, 0.6) is 0 Å². The van der Waals surface area contributed by atoms with E-state index in [4.69, 9.17) is 16.3 Å². The van der Waals surface area contributed by atoms with Crippen LogP contribution >= 0.6 is 11.6 Å². The molecule has 1 fully saturated rings. The van der Waals surface area contributed by atoms with Gasteiger partial charge in [-0.1, -0.05) is 60.2 Å². The summed E-state index contributed by atoms with van der Waals surface area (Å²) < 4.78 is 35.0. The van der Waals surface area contributed by atoms with Gasteiger partial charge in [0.05, 0.1) is 42.3 Å². The number of ether oxygens (including phenoxy) is 1. The number of amides is 2. The summed E-state index contributed by atoms with van der Waals surface area (Å²) in [5, 5.41) is 0.492. The minimum Gasteiger partial charge on any atom is -0.377 e. The number of fused-ring (bicyclic) bond motifs is 3. The summed E-state index contributed by atoms with van der Waals surface area (Å²) in [6.07, 6.45) is 4.83. The number of hydrogen-bond acceptors (Lipinski definition) is 5. The van der Waals surface area contributed by atoms with E-state index >= 15 is 0 Å². The molecular formula is C32H34ClN3O5S. The lowest BCUT2D eigenvalue weighted by atomic mass is 9.92. The largest absolute Gasteiger partial charge is 0.377 e. The van der Waals surface area contributed by atoms with E-state index in [1.165, 1.54) is 16.4 Å². The van der Waals surface area contributed by atoms with Crippen LogP contribution in [-0.4, -0.2) is 76.0 Å². The topological polar surface area (TPSA) is 87.2 Å². The molecule has 0 aromatic heterocycles. The second kappa shape index (κ2) is 13.1. The number of carbonyl (C=O) groups is 2. The molecule has 2 bridgehead atoms. The Hall–Kier alpha value is -3.66. The molecule has 0 radical (unpaired) electrons. The van der Waals surface area contributed by atoms with Crippen molar-refractivity contribution < 1.29 is 22.7 Å². The molecule has 0 aliphatic carbocycles. The zero-order valence-corrected chi connectivity index (χ0v) is 25.0. The first kappa shape index (κ1) is 29.8. The Labute approximate surface area is 252 Å². The third kappa shape index (κ3) is 6.53. The zero-order valence-electron chi connectivity index (χ0n) is 23.4. The van der Waals surface area contributed by atoms with Crippen molar-refractivity contribution in [1.29, 1.82) is 0 Å². The Morgan fingerprint density at radius 1 is 0.929 bits per heavy atom. The van der Waals surface area contributed by atoms with Crippen molar-refractivity contribution in [1.82, 2.24) is 9.80 Å². The maximum atomic E-state index is 14.0. The predicted octanol–water partition coefficient (Wildman–Crippen LogP) is 4.97. The second-order valence-corrected chi connectivity index (χ2v) is 12.8. The van der Waals surface area contributed by atoms with Crippen LogP contribution in [0.25, 0.3) is 0 Å². The van der Waals surface area contributed by atoms with E-state index in [0.717, 1.165) is 5.56 Å². The Bertz CT molecular complexity index is 1550. The predicted molar refractivity (Wildman–Crippen MR) is 163 cm³/mol. The molecular weight excluding hydrogens is 574 g/mol. The molecule has 42 heavy (non-hydrogen) atoms. The molecule has 3 aromatic rings. The van der Waals surface area contributed by atoms with Crippen LogP contribution in [0.15, 0.2) is 95.9 Å². The molecule has 2 amide bonds. The summed E-state index contributed by atoms with van der Waals surface area (Å²) >= 11 is 6.09. The molecule has 10 heteroatoms. The molecule has 2 atom stereocenters. The lowest BCUT2D eigenvalue weighted by Crippen LogP contribution is -2.54.